The first-order valence-corrected chi connectivity index (χ1v) is 9.47. The van der Waals surface area contributed by atoms with Gasteiger partial charge in [0, 0.05) is 25.0 Å². The average molecular weight is 346 g/mol. The molecule has 1 aliphatic carbocycles. The molecular weight excluding hydrogens is 316 g/mol. The molecule has 1 atom stereocenters. The summed E-state index contributed by atoms with van der Waals surface area (Å²) < 4.78 is 11.7. The Labute approximate surface area is 150 Å². The van der Waals surface area contributed by atoms with Gasteiger partial charge >= 0.3 is 6.03 Å². The highest BCUT2D eigenvalue weighted by Gasteiger charge is 2.28. The van der Waals surface area contributed by atoms with Crippen LogP contribution in [0, 0.1) is 0 Å². The van der Waals surface area contributed by atoms with Crippen LogP contribution >= 0.6 is 0 Å². The van der Waals surface area contributed by atoms with Crippen molar-refractivity contribution in [2.24, 2.45) is 0 Å². The third kappa shape index (κ3) is 4.39. The van der Waals surface area contributed by atoms with Gasteiger partial charge < -0.3 is 19.7 Å². The van der Waals surface area contributed by atoms with Gasteiger partial charge in [-0.2, -0.15) is 0 Å². The second kappa shape index (κ2) is 7.98. The zero-order valence-corrected chi connectivity index (χ0v) is 15.6. The molecule has 25 heavy (non-hydrogen) atoms. The molecule has 1 aliphatic heterocycles. The molecule has 1 saturated heterocycles. The van der Waals surface area contributed by atoms with Gasteiger partial charge in [0.1, 0.15) is 0 Å². The van der Waals surface area contributed by atoms with Crippen LogP contribution in [0.15, 0.2) is 18.2 Å². The zero-order valence-electron chi connectivity index (χ0n) is 15.6. The van der Waals surface area contributed by atoms with Crippen LogP contribution in [0.25, 0.3) is 0 Å². The molecule has 5 nitrogen and oxygen atoms in total. The molecule has 2 fully saturated rings. The molecule has 1 aromatic carbocycles. The van der Waals surface area contributed by atoms with Crippen LogP contribution in [0.5, 0.6) is 11.5 Å². The van der Waals surface area contributed by atoms with Crippen LogP contribution in [0.2, 0.25) is 0 Å². The Kier molecular flexibility index (Phi) is 5.71. The Bertz CT molecular complexity index is 597. The molecule has 1 saturated carbocycles. The summed E-state index contributed by atoms with van der Waals surface area (Å²) in [5.74, 6) is 2.00. The first kappa shape index (κ1) is 17.9. The number of hydrogen-bond acceptors (Lipinski definition) is 3. The smallest absolute Gasteiger partial charge is 0.317 e. The van der Waals surface area contributed by atoms with Crippen molar-refractivity contribution in [2.75, 3.05) is 20.2 Å². The summed E-state index contributed by atoms with van der Waals surface area (Å²) in [6.45, 7) is 5.53. The van der Waals surface area contributed by atoms with Gasteiger partial charge in [-0.05, 0) is 63.6 Å². The molecule has 1 unspecified atom stereocenters. The molecule has 1 N–H and O–H groups in total. The highest BCUT2D eigenvalue weighted by molar-refractivity contribution is 5.74. The highest BCUT2D eigenvalue weighted by Crippen LogP contribution is 2.36. The minimum atomic E-state index is 0.0356. The van der Waals surface area contributed by atoms with Gasteiger partial charge in [0.05, 0.1) is 13.2 Å². The molecule has 2 aliphatic rings. The predicted octanol–water partition coefficient (Wildman–Crippen LogP) is 3.92. The Balaban J connectivity index is 1.69. The summed E-state index contributed by atoms with van der Waals surface area (Å²) in [4.78, 5) is 14.1. The number of hydrogen-bond donors (Lipinski definition) is 1. The lowest BCUT2D eigenvalue weighted by atomic mass is 9.98. The van der Waals surface area contributed by atoms with E-state index in [2.05, 4.69) is 17.4 Å². The number of carbonyl (C=O) groups is 1. The normalized spacial score (nSPS) is 21.0. The van der Waals surface area contributed by atoms with Crippen molar-refractivity contribution >= 4 is 6.03 Å². The van der Waals surface area contributed by atoms with Gasteiger partial charge in [-0.3, -0.25) is 0 Å². The van der Waals surface area contributed by atoms with Crippen molar-refractivity contribution in [3.8, 4) is 11.5 Å². The average Bonchev–Trinajstić information content (AvgIpc) is 3.26. The van der Waals surface area contributed by atoms with Crippen molar-refractivity contribution in [1.29, 1.82) is 0 Å². The van der Waals surface area contributed by atoms with Crippen molar-refractivity contribution < 1.29 is 14.3 Å². The summed E-state index contributed by atoms with van der Waals surface area (Å²) in [5, 5.41) is 2.98. The maximum Gasteiger partial charge on any atom is 0.317 e. The largest absolute Gasteiger partial charge is 0.493 e. The third-order valence-electron chi connectivity index (χ3n) is 5.14. The number of carbonyl (C=O) groups excluding carboxylic acids is 1. The number of nitrogens with one attached hydrogen (secondary N) is 1. The fraction of sp³-hybridized carbons (Fsp3) is 0.650. The number of likely N-dealkylation sites (tertiary alicyclic amines) is 1. The molecule has 2 amide bonds. The van der Waals surface area contributed by atoms with Crippen LogP contribution in [-0.4, -0.2) is 43.3 Å². The predicted molar refractivity (Wildman–Crippen MR) is 98.5 cm³/mol. The van der Waals surface area contributed by atoms with E-state index in [4.69, 9.17) is 9.47 Å². The molecular formula is C20H30N2O3. The van der Waals surface area contributed by atoms with E-state index >= 15 is 0 Å². The maximum atomic E-state index is 12.2. The van der Waals surface area contributed by atoms with Crippen molar-refractivity contribution in [1.82, 2.24) is 10.2 Å². The molecule has 3 rings (SSSR count). The Morgan fingerprint density at radius 2 is 1.96 bits per heavy atom. The van der Waals surface area contributed by atoms with E-state index < -0.39 is 0 Å². The zero-order chi connectivity index (χ0) is 17.8. The Morgan fingerprint density at radius 1 is 1.20 bits per heavy atom. The summed E-state index contributed by atoms with van der Waals surface area (Å²) in [7, 11) is 1.68. The fourth-order valence-electron chi connectivity index (χ4n) is 3.78. The fourth-order valence-corrected chi connectivity index (χ4v) is 3.78. The summed E-state index contributed by atoms with van der Waals surface area (Å²) in [5.41, 5.74) is 1.23. The van der Waals surface area contributed by atoms with E-state index in [1.54, 1.807) is 7.11 Å². The summed E-state index contributed by atoms with van der Waals surface area (Å²) in [6.07, 6.45) is 6.03. The van der Waals surface area contributed by atoms with Crippen LogP contribution in [-0.2, 0) is 0 Å². The monoisotopic (exact) mass is 346 g/mol. The van der Waals surface area contributed by atoms with E-state index in [1.165, 1.54) is 18.4 Å². The molecule has 0 bridgehead atoms. The van der Waals surface area contributed by atoms with Crippen molar-refractivity contribution in [3.63, 3.8) is 0 Å². The number of ether oxygens (including phenoxy) is 2. The SMILES string of the molecule is COc1ccc(C2CCN(C(=O)NC(C)C)C2)cc1OC1CCCC1. The quantitative estimate of drug-likeness (QED) is 0.879. The first-order valence-electron chi connectivity index (χ1n) is 9.47. The number of amides is 2. The van der Waals surface area contributed by atoms with E-state index in [1.807, 2.05) is 24.8 Å². The lowest BCUT2D eigenvalue weighted by molar-refractivity contribution is 0.200. The number of methoxy groups -OCH3 is 1. The molecule has 0 radical (unpaired) electrons. The minimum Gasteiger partial charge on any atom is -0.493 e. The Hall–Kier alpha value is -1.91. The van der Waals surface area contributed by atoms with E-state index in [-0.39, 0.29) is 12.1 Å². The van der Waals surface area contributed by atoms with Crippen LogP contribution in [0.3, 0.4) is 0 Å². The minimum absolute atomic E-state index is 0.0356. The lowest BCUT2D eigenvalue weighted by Gasteiger charge is -2.20. The molecule has 0 spiro atoms. The number of urea groups is 1. The third-order valence-corrected chi connectivity index (χ3v) is 5.14. The van der Waals surface area contributed by atoms with Crippen LogP contribution < -0.4 is 14.8 Å². The molecule has 5 heteroatoms. The molecule has 1 aromatic rings. The Morgan fingerprint density at radius 3 is 2.64 bits per heavy atom. The highest BCUT2D eigenvalue weighted by atomic mass is 16.5. The maximum absolute atomic E-state index is 12.2. The number of benzene rings is 1. The van der Waals surface area contributed by atoms with Gasteiger partial charge in [-0.15, -0.1) is 0 Å². The van der Waals surface area contributed by atoms with Crippen molar-refractivity contribution in [2.45, 2.75) is 64.0 Å². The lowest BCUT2D eigenvalue weighted by Crippen LogP contribution is -2.41. The van der Waals surface area contributed by atoms with Crippen molar-refractivity contribution in [3.05, 3.63) is 23.8 Å². The standard InChI is InChI=1S/C20H30N2O3/c1-14(2)21-20(23)22-11-10-16(13-22)15-8-9-18(24-3)19(12-15)25-17-6-4-5-7-17/h8-9,12,14,16-17H,4-7,10-11,13H2,1-3H3,(H,21,23). The van der Waals surface area contributed by atoms with Gasteiger partial charge in [-0.1, -0.05) is 6.07 Å². The van der Waals surface area contributed by atoms with Gasteiger partial charge in [0.15, 0.2) is 11.5 Å². The van der Waals surface area contributed by atoms with E-state index in [0.29, 0.717) is 12.0 Å². The number of rotatable bonds is 5. The second-order valence-electron chi connectivity index (χ2n) is 7.47. The van der Waals surface area contributed by atoms with Gasteiger partial charge in [-0.25, -0.2) is 4.79 Å². The second-order valence-corrected chi connectivity index (χ2v) is 7.47. The molecule has 138 valence electrons. The molecule has 0 aromatic heterocycles. The summed E-state index contributed by atoms with van der Waals surface area (Å²) >= 11 is 0. The number of nitrogens with zero attached hydrogens (tertiary/aromatic N) is 1. The van der Waals surface area contributed by atoms with Gasteiger partial charge in [0.25, 0.3) is 0 Å². The van der Waals surface area contributed by atoms with Gasteiger partial charge in [0.2, 0.25) is 0 Å². The first-order chi connectivity index (χ1) is 12.1. The van der Waals surface area contributed by atoms with E-state index in [0.717, 1.165) is 43.9 Å². The van der Waals surface area contributed by atoms with Crippen LogP contribution in [0.1, 0.15) is 57.4 Å². The topological polar surface area (TPSA) is 50.8 Å². The molecule has 1 heterocycles. The van der Waals surface area contributed by atoms with E-state index in [9.17, 15) is 4.79 Å². The summed E-state index contributed by atoms with van der Waals surface area (Å²) in [6, 6.07) is 6.42. The van der Waals surface area contributed by atoms with Crippen LogP contribution in [0.4, 0.5) is 4.79 Å².